The SMILES string of the molecule is O=C(CSc1n[nH]c(=O)n1C1CC1)c1ccc(OC(F)F)cc1OC(F)F. The van der Waals surface area contributed by atoms with E-state index in [-0.39, 0.29) is 23.0 Å². The molecule has 0 aliphatic heterocycles. The monoisotopic (exact) mass is 407 g/mol. The third-order valence-corrected chi connectivity index (χ3v) is 4.56. The molecule has 146 valence electrons. The molecule has 0 unspecified atom stereocenters. The lowest BCUT2D eigenvalue weighted by Gasteiger charge is -2.12. The first-order valence-electron chi connectivity index (χ1n) is 7.71. The maximum absolute atomic E-state index is 12.6. The van der Waals surface area contributed by atoms with Crippen molar-refractivity contribution in [3.8, 4) is 11.5 Å². The van der Waals surface area contributed by atoms with E-state index in [1.165, 1.54) is 4.57 Å². The molecule has 3 rings (SSSR count). The lowest BCUT2D eigenvalue weighted by atomic mass is 10.1. The van der Waals surface area contributed by atoms with Gasteiger partial charge in [0.05, 0.1) is 11.3 Å². The van der Waals surface area contributed by atoms with Crippen LogP contribution in [-0.4, -0.2) is 39.5 Å². The van der Waals surface area contributed by atoms with Crippen molar-refractivity contribution in [2.75, 3.05) is 5.75 Å². The summed E-state index contributed by atoms with van der Waals surface area (Å²) in [6.45, 7) is -6.40. The first-order valence-corrected chi connectivity index (χ1v) is 8.70. The maximum Gasteiger partial charge on any atom is 0.387 e. The number of carbonyl (C=O) groups is 1. The number of alkyl halides is 4. The molecule has 0 atom stereocenters. The summed E-state index contributed by atoms with van der Waals surface area (Å²) in [5.41, 5.74) is -0.608. The van der Waals surface area contributed by atoms with Crippen LogP contribution in [0.2, 0.25) is 0 Å². The number of rotatable bonds is 9. The van der Waals surface area contributed by atoms with Gasteiger partial charge in [0.1, 0.15) is 11.5 Å². The van der Waals surface area contributed by atoms with Gasteiger partial charge in [-0.1, -0.05) is 11.8 Å². The van der Waals surface area contributed by atoms with Gasteiger partial charge in [0.25, 0.3) is 0 Å². The molecule has 0 radical (unpaired) electrons. The number of nitrogens with zero attached hydrogens (tertiary/aromatic N) is 2. The molecule has 0 saturated heterocycles. The number of hydrogen-bond acceptors (Lipinski definition) is 6. The lowest BCUT2D eigenvalue weighted by Crippen LogP contribution is -2.16. The van der Waals surface area contributed by atoms with Crippen LogP contribution in [0.5, 0.6) is 11.5 Å². The number of ketones is 1. The van der Waals surface area contributed by atoms with Crippen LogP contribution in [0.4, 0.5) is 17.6 Å². The summed E-state index contributed by atoms with van der Waals surface area (Å²) in [7, 11) is 0. The van der Waals surface area contributed by atoms with Gasteiger partial charge in [-0.3, -0.25) is 9.36 Å². The molecule has 1 saturated carbocycles. The van der Waals surface area contributed by atoms with Gasteiger partial charge in [-0.15, -0.1) is 5.10 Å². The number of H-pyrrole nitrogens is 1. The number of halogens is 4. The Labute approximate surface area is 153 Å². The van der Waals surface area contributed by atoms with E-state index in [1.807, 2.05) is 0 Å². The zero-order valence-electron chi connectivity index (χ0n) is 13.5. The fourth-order valence-corrected chi connectivity index (χ4v) is 3.25. The lowest BCUT2D eigenvalue weighted by molar-refractivity contribution is -0.0544. The van der Waals surface area contributed by atoms with Gasteiger partial charge < -0.3 is 9.47 Å². The maximum atomic E-state index is 12.6. The highest BCUT2D eigenvalue weighted by Crippen LogP contribution is 2.36. The number of Topliss-reactive ketones (excluding diaryl/α,β-unsaturated/α-hetero) is 1. The number of hydrogen-bond donors (Lipinski definition) is 1. The summed E-state index contributed by atoms with van der Waals surface area (Å²) in [5, 5.41) is 6.45. The number of thioether (sulfide) groups is 1. The topological polar surface area (TPSA) is 86.2 Å². The van der Waals surface area contributed by atoms with Gasteiger partial charge in [0, 0.05) is 12.1 Å². The molecular weight excluding hydrogens is 394 g/mol. The fraction of sp³-hybridized carbons (Fsp3) is 0.400. The standard InChI is InChI=1S/C15H13F4N3O4S/c16-12(17)25-8-3-4-9(11(5-8)26-13(18)19)10(23)6-27-15-21-20-14(24)22(15)7-1-2-7/h3-5,7,12-13H,1-2,6H2,(H,20,24). The van der Waals surface area contributed by atoms with Crippen LogP contribution < -0.4 is 15.2 Å². The van der Waals surface area contributed by atoms with Crippen molar-refractivity contribution in [3.63, 3.8) is 0 Å². The number of nitrogens with one attached hydrogen (secondary N) is 1. The zero-order valence-corrected chi connectivity index (χ0v) is 14.3. The van der Waals surface area contributed by atoms with E-state index < -0.39 is 30.5 Å². The summed E-state index contributed by atoms with van der Waals surface area (Å²) in [6, 6.07) is 2.95. The zero-order chi connectivity index (χ0) is 19.6. The van der Waals surface area contributed by atoms with Crippen LogP contribution in [0.3, 0.4) is 0 Å². The Kier molecular flexibility index (Phi) is 5.73. The Morgan fingerprint density at radius 1 is 1.26 bits per heavy atom. The highest BCUT2D eigenvalue weighted by Gasteiger charge is 2.29. The quantitative estimate of drug-likeness (QED) is 0.391. The number of benzene rings is 1. The largest absolute Gasteiger partial charge is 0.435 e. The van der Waals surface area contributed by atoms with Crippen molar-refractivity contribution in [2.45, 2.75) is 37.3 Å². The van der Waals surface area contributed by atoms with Crippen molar-refractivity contribution in [3.05, 3.63) is 34.2 Å². The molecule has 7 nitrogen and oxygen atoms in total. The Bertz CT molecular complexity index is 882. The molecule has 1 fully saturated rings. The highest BCUT2D eigenvalue weighted by molar-refractivity contribution is 7.99. The number of ether oxygens (including phenoxy) is 2. The minimum absolute atomic E-state index is 0.0392. The summed E-state index contributed by atoms with van der Waals surface area (Å²) < 4.78 is 59.5. The van der Waals surface area contributed by atoms with Crippen LogP contribution in [0.1, 0.15) is 29.2 Å². The van der Waals surface area contributed by atoms with Gasteiger partial charge in [-0.25, -0.2) is 9.89 Å². The Morgan fingerprint density at radius 3 is 2.59 bits per heavy atom. The molecule has 1 aliphatic rings. The van der Waals surface area contributed by atoms with Gasteiger partial charge in [0.15, 0.2) is 10.9 Å². The fourth-order valence-electron chi connectivity index (χ4n) is 2.36. The Morgan fingerprint density at radius 2 is 1.96 bits per heavy atom. The molecule has 2 aromatic rings. The van der Waals surface area contributed by atoms with Gasteiger partial charge >= 0.3 is 18.9 Å². The van der Waals surface area contributed by atoms with E-state index in [0.717, 1.165) is 42.8 Å². The molecule has 1 aliphatic carbocycles. The van der Waals surface area contributed by atoms with E-state index in [1.54, 1.807) is 0 Å². The van der Waals surface area contributed by atoms with E-state index in [4.69, 9.17) is 0 Å². The molecule has 0 spiro atoms. The Hall–Kier alpha value is -2.50. The van der Waals surface area contributed by atoms with Crippen LogP contribution in [0.15, 0.2) is 28.2 Å². The van der Waals surface area contributed by atoms with Crippen LogP contribution in [0, 0.1) is 0 Å². The van der Waals surface area contributed by atoms with E-state index in [2.05, 4.69) is 19.7 Å². The summed E-state index contributed by atoms with van der Waals surface area (Å²) >= 11 is 0.958. The van der Waals surface area contributed by atoms with Crippen LogP contribution >= 0.6 is 11.8 Å². The normalized spacial score (nSPS) is 14.0. The first kappa shape index (κ1) is 19.3. The number of aromatic amines is 1. The molecule has 27 heavy (non-hydrogen) atoms. The Balaban J connectivity index is 1.76. The van der Waals surface area contributed by atoms with E-state index in [0.29, 0.717) is 5.16 Å². The third-order valence-electron chi connectivity index (χ3n) is 3.61. The van der Waals surface area contributed by atoms with Gasteiger partial charge in [-0.2, -0.15) is 17.6 Å². The van der Waals surface area contributed by atoms with Crippen molar-refractivity contribution in [1.82, 2.24) is 14.8 Å². The second kappa shape index (κ2) is 8.03. The first-order chi connectivity index (χ1) is 12.8. The minimum atomic E-state index is -3.25. The molecule has 0 amide bonds. The number of carbonyl (C=O) groups excluding carboxylic acids is 1. The second-order valence-corrected chi connectivity index (χ2v) is 6.48. The van der Waals surface area contributed by atoms with Crippen LogP contribution in [-0.2, 0) is 0 Å². The molecule has 1 aromatic heterocycles. The van der Waals surface area contributed by atoms with Crippen molar-refractivity contribution < 1.29 is 31.8 Å². The summed E-state index contributed by atoms with van der Waals surface area (Å²) in [6.07, 6.45) is 1.66. The van der Waals surface area contributed by atoms with Gasteiger partial charge in [0.2, 0.25) is 0 Å². The summed E-state index contributed by atoms with van der Waals surface area (Å²) in [4.78, 5) is 24.1. The minimum Gasteiger partial charge on any atom is -0.435 e. The number of aromatic nitrogens is 3. The molecule has 1 aromatic carbocycles. The summed E-state index contributed by atoms with van der Waals surface area (Å²) in [5.74, 6) is -1.81. The average Bonchev–Trinajstić information content (AvgIpc) is 3.34. The predicted molar refractivity (Wildman–Crippen MR) is 85.9 cm³/mol. The molecule has 12 heteroatoms. The smallest absolute Gasteiger partial charge is 0.387 e. The van der Waals surface area contributed by atoms with Crippen molar-refractivity contribution in [2.24, 2.45) is 0 Å². The molecular formula is C15H13F4N3O4S. The predicted octanol–water partition coefficient (Wildman–Crippen LogP) is 3.08. The highest BCUT2D eigenvalue weighted by atomic mass is 32.2. The van der Waals surface area contributed by atoms with Crippen LogP contribution in [0.25, 0.3) is 0 Å². The molecule has 1 N–H and O–H groups in total. The average molecular weight is 407 g/mol. The molecule has 0 bridgehead atoms. The van der Waals surface area contributed by atoms with E-state index in [9.17, 15) is 27.2 Å². The van der Waals surface area contributed by atoms with E-state index >= 15 is 0 Å². The second-order valence-electron chi connectivity index (χ2n) is 5.54. The molecule has 1 heterocycles. The third kappa shape index (κ3) is 4.81. The van der Waals surface area contributed by atoms with Gasteiger partial charge in [-0.05, 0) is 25.0 Å². The van der Waals surface area contributed by atoms with Crippen molar-refractivity contribution in [1.29, 1.82) is 0 Å². The van der Waals surface area contributed by atoms with Crippen molar-refractivity contribution >= 4 is 17.5 Å².